The van der Waals surface area contributed by atoms with Gasteiger partial charge in [-0.3, -0.25) is 14.8 Å². The van der Waals surface area contributed by atoms with Crippen LogP contribution in [0.1, 0.15) is 50.8 Å². The maximum atomic E-state index is 12.4. The van der Waals surface area contributed by atoms with Crippen LogP contribution in [0.4, 0.5) is 0 Å². The van der Waals surface area contributed by atoms with Gasteiger partial charge in [-0.05, 0) is 52.0 Å². The highest BCUT2D eigenvalue weighted by atomic mass is 16.5. The van der Waals surface area contributed by atoms with Crippen LogP contribution < -0.4 is 5.32 Å². The van der Waals surface area contributed by atoms with E-state index in [1.165, 1.54) is 12.8 Å². The van der Waals surface area contributed by atoms with Crippen molar-refractivity contribution in [2.24, 2.45) is 0 Å². The van der Waals surface area contributed by atoms with Gasteiger partial charge in [0.2, 0.25) is 0 Å². The monoisotopic (exact) mass is 277 g/mol. The van der Waals surface area contributed by atoms with Gasteiger partial charge in [-0.15, -0.1) is 0 Å². The predicted molar refractivity (Wildman–Crippen MR) is 75.4 cm³/mol. The van der Waals surface area contributed by atoms with Crippen LogP contribution in [0.25, 0.3) is 0 Å². The highest BCUT2D eigenvalue weighted by Crippen LogP contribution is 2.40. The highest BCUT2D eigenvalue weighted by molar-refractivity contribution is 5.81. The first-order valence-electron chi connectivity index (χ1n) is 7.59. The Labute approximate surface area is 119 Å². The smallest absolute Gasteiger partial charge is 0.326 e. The van der Waals surface area contributed by atoms with E-state index in [0.29, 0.717) is 18.7 Å². The Balaban J connectivity index is 1.76. The molecule has 0 spiro atoms. The molecule has 2 fully saturated rings. The molecule has 0 bridgehead atoms. The minimum absolute atomic E-state index is 0.0849. The molecule has 2 aliphatic carbocycles. The lowest BCUT2D eigenvalue weighted by Gasteiger charge is -2.28. The number of hydrogen-bond donors (Lipinski definition) is 1. The Morgan fingerprint density at radius 3 is 2.95 bits per heavy atom. The minimum atomic E-state index is -0.498. The summed E-state index contributed by atoms with van der Waals surface area (Å²) in [6, 6.07) is 2.80. The molecule has 0 amide bonds. The van der Waals surface area contributed by atoms with Gasteiger partial charge in [0.25, 0.3) is 0 Å². The summed E-state index contributed by atoms with van der Waals surface area (Å²) in [5.41, 5.74) is 0.524. The van der Waals surface area contributed by atoms with E-state index in [9.17, 15) is 4.79 Å². The fourth-order valence-corrected chi connectivity index (χ4v) is 3.14. The molecule has 0 radical (unpaired) electrons. The molecule has 2 atom stereocenters. The molecule has 5 heteroatoms. The maximum absolute atomic E-state index is 12.4. The summed E-state index contributed by atoms with van der Waals surface area (Å²) in [6.07, 6.45) is 6.95. The first kappa shape index (κ1) is 13.6. The van der Waals surface area contributed by atoms with Crippen molar-refractivity contribution in [3.8, 4) is 0 Å². The standard InChI is InChI=1S/C15H23N3O2/c1-3-20-14(19)15(16-12-4-5-12)8-6-13(10-15)18-9-7-11(2)17-18/h7,9,12-13,16H,3-6,8,10H2,1-2H3. The Hall–Kier alpha value is -1.36. The fourth-order valence-electron chi connectivity index (χ4n) is 3.14. The van der Waals surface area contributed by atoms with Crippen molar-refractivity contribution >= 4 is 5.97 Å². The Morgan fingerprint density at radius 1 is 1.55 bits per heavy atom. The number of carbonyl (C=O) groups excluding carboxylic acids is 1. The zero-order valence-electron chi connectivity index (χ0n) is 12.3. The molecule has 0 saturated heterocycles. The summed E-state index contributed by atoms with van der Waals surface area (Å²) in [4.78, 5) is 12.4. The molecule has 1 aromatic rings. The van der Waals surface area contributed by atoms with Crippen LogP contribution in [0.3, 0.4) is 0 Å². The van der Waals surface area contributed by atoms with Crippen LogP contribution in [-0.2, 0) is 9.53 Å². The van der Waals surface area contributed by atoms with Crippen LogP contribution in [-0.4, -0.2) is 33.9 Å². The third kappa shape index (κ3) is 2.59. The van der Waals surface area contributed by atoms with Crippen LogP contribution in [0, 0.1) is 6.92 Å². The SMILES string of the molecule is CCOC(=O)C1(NC2CC2)CCC(n2ccc(C)n2)C1. The summed E-state index contributed by atoms with van der Waals surface area (Å²) in [5.74, 6) is -0.0849. The maximum Gasteiger partial charge on any atom is 0.326 e. The Bertz CT molecular complexity index is 495. The van der Waals surface area contributed by atoms with Gasteiger partial charge >= 0.3 is 5.97 Å². The quantitative estimate of drug-likeness (QED) is 0.836. The third-order valence-corrected chi connectivity index (χ3v) is 4.33. The van der Waals surface area contributed by atoms with E-state index in [1.54, 1.807) is 0 Å². The zero-order valence-corrected chi connectivity index (χ0v) is 12.3. The highest BCUT2D eigenvalue weighted by Gasteiger charge is 2.49. The average Bonchev–Trinajstić information content (AvgIpc) is 2.95. The zero-order chi connectivity index (χ0) is 14.2. The van der Waals surface area contributed by atoms with E-state index in [1.807, 2.05) is 30.8 Å². The summed E-state index contributed by atoms with van der Waals surface area (Å²) in [6.45, 7) is 4.30. The average molecular weight is 277 g/mol. The van der Waals surface area contributed by atoms with E-state index >= 15 is 0 Å². The molecule has 20 heavy (non-hydrogen) atoms. The second kappa shape index (κ2) is 5.20. The third-order valence-electron chi connectivity index (χ3n) is 4.33. The number of esters is 1. The minimum Gasteiger partial charge on any atom is -0.465 e. The number of hydrogen-bond acceptors (Lipinski definition) is 4. The van der Waals surface area contributed by atoms with E-state index in [-0.39, 0.29) is 5.97 Å². The molecule has 0 aliphatic heterocycles. The molecule has 1 aromatic heterocycles. The number of nitrogens with one attached hydrogen (secondary N) is 1. The molecular formula is C15H23N3O2. The van der Waals surface area contributed by atoms with Gasteiger partial charge < -0.3 is 4.74 Å². The van der Waals surface area contributed by atoms with Crippen molar-refractivity contribution in [3.63, 3.8) is 0 Å². The Kier molecular flexibility index (Phi) is 3.54. The van der Waals surface area contributed by atoms with E-state index in [4.69, 9.17) is 4.74 Å². The first-order valence-corrected chi connectivity index (χ1v) is 7.59. The topological polar surface area (TPSA) is 56.1 Å². The molecule has 1 N–H and O–H groups in total. The van der Waals surface area contributed by atoms with Crippen LogP contribution in [0.2, 0.25) is 0 Å². The van der Waals surface area contributed by atoms with Gasteiger partial charge in [-0.2, -0.15) is 5.10 Å². The van der Waals surface area contributed by atoms with Crippen molar-refractivity contribution in [3.05, 3.63) is 18.0 Å². The number of rotatable bonds is 5. The second-order valence-corrected chi connectivity index (χ2v) is 6.05. The fraction of sp³-hybridized carbons (Fsp3) is 0.733. The lowest BCUT2D eigenvalue weighted by Crippen LogP contribution is -2.52. The number of ether oxygens (including phenoxy) is 1. The van der Waals surface area contributed by atoms with Crippen molar-refractivity contribution in [2.75, 3.05) is 6.61 Å². The number of aromatic nitrogens is 2. The van der Waals surface area contributed by atoms with E-state index < -0.39 is 5.54 Å². The molecule has 3 rings (SSSR count). The molecular weight excluding hydrogens is 254 g/mol. The summed E-state index contributed by atoms with van der Waals surface area (Å²) in [7, 11) is 0. The van der Waals surface area contributed by atoms with Crippen LogP contribution in [0.15, 0.2) is 12.3 Å². The van der Waals surface area contributed by atoms with Gasteiger partial charge in [0.1, 0.15) is 5.54 Å². The lowest BCUT2D eigenvalue weighted by atomic mass is 9.97. The molecule has 2 unspecified atom stereocenters. The molecule has 110 valence electrons. The van der Waals surface area contributed by atoms with Gasteiger partial charge in [0, 0.05) is 12.2 Å². The van der Waals surface area contributed by atoms with Crippen molar-refractivity contribution < 1.29 is 9.53 Å². The van der Waals surface area contributed by atoms with Crippen molar-refractivity contribution in [2.45, 2.75) is 63.6 Å². The lowest BCUT2D eigenvalue weighted by molar-refractivity contribution is -0.151. The second-order valence-electron chi connectivity index (χ2n) is 6.05. The largest absolute Gasteiger partial charge is 0.465 e. The molecule has 1 heterocycles. The summed E-state index contributed by atoms with van der Waals surface area (Å²) < 4.78 is 7.32. The molecule has 2 aliphatic rings. The summed E-state index contributed by atoms with van der Waals surface area (Å²) in [5, 5.41) is 8.04. The van der Waals surface area contributed by atoms with Gasteiger partial charge in [0.15, 0.2) is 0 Å². The normalized spacial score (nSPS) is 29.6. The van der Waals surface area contributed by atoms with Gasteiger partial charge in [0.05, 0.1) is 18.3 Å². The molecule has 2 saturated carbocycles. The van der Waals surface area contributed by atoms with E-state index in [0.717, 1.165) is 25.0 Å². The van der Waals surface area contributed by atoms with Crippen molar-refractivity contribution in [1.29, 1.82) is 0 Å². The number of aryl methyl sites for hydroxylation is 1. The Morgan fingerprint density at radius 2 is 2.35 bits per heavy atom. The van der Waals surface area contributed by atoms with Crippen LogP contribution in [0.5, 0.6) is 0 Å². The predicted octanol–water partition coefficient (Wildman–Crippen LogP) is 1.97. The van der Waals surface area contributed by atoms with Crippen LogP contribution >= 0.6 is 0 Å². The summed E-state index contributed by atoms with van der Waals surface area (Å²) >= 11 is 0. The first-order chi connectivity index (χ1) is 9.63. The number of carbonyl (C=O) groups is 1. The molecule has 0 aromatic carbocycles. The van der Waals surface area contributed by atoms with Gasteiger partial charge in [-0.25, -0.2) is 0 Å². The van der Waals surface area contributed by atoms with Gasteiger partial charge in [-0.1, -0.05) is 0 Å². The number of nitrogens with zero attached hydrogens (tertiary/aromatic N) is 2. The van der Waals surface area contributed by atoms with Crippen molar-refractivity contribution in [1.82, 2.24) is 15.1 Å². The molecule has 5 nitrogen and oxygen atoms in total. The van der Waals surface area contributed by atoms with E-state index in [2.05, 4.69) is 10.4 Å².